The molecule has 0 aliphatic rings. The monoisotopic (exact) mass is 231 g/mol. The van der Waals surface area contributed by atoms with Crippen LogP contribution in [0.4, 0.5) is 0 Å². The van der Waals surface area contributed by atoms with Gasteiger partial charge < -0.3 is 14.9 Å². The average molecular weight is 232 g/mol. The maximum Gasteiger partial charge on any atom is 0.313 e. The highest BCUT2D eigenvalue weighted by atomic mass is 35.5. The Morgan fingerprint density at radius 2 is 2.20 bits per heavy atom. The van der Waals surface area contributed by atoms with Gasteiger partial charge in [0.05, 0.1) is 18.6 Å². The minimum atomic E-state index is -0.851. The number of halogens is 1. The maximum atomic E-state index is 11.5. The van der Waals surface area contributed by atoms with Crippen LogP contribution in [0.3, 0.4) is 0 Å². The number of carbonyl (C=O) groups excluding carboxylic acids is 1. The van der Waals surface area contributed by atoms with Crippen molar-refractivity contribution in [2.24, 2.45) is 11.1 Å². The largest absolute Gasteiger partial charge is 0.469 e. The standard InChI is InChI=1S/C10H14ClNO3/c1-10(2,9(13)14-3)8(12)6-4-5-7(11)15-6/h4-5,8H,12H2,1-3H3/t8-/m1/s1. The molecule has 0 aliphatic heterocycles. The highest BCUT2D eigenvalue weighted by molar-refractivity contribution is 6.28. The number of hydrogen-bond donors (Lipinski definition) is 1. The molecule has 15 heavy (non-hydrogen) atoms. The molecule has 0 amide bonds. The fraction of sp³-hybridized carbons (Fsp3) is 0.500. The highest BCUT2D eigenvalue weighted by Crippen LogP contribution is 2.33. The van der Waals surface area contributed by atoms with Crippen molar-refractivity contribution >= 4 is 17.6 Å². The minimum Gasteiger partial charge on any atom is -0.469 e. The lowest BCUT2D eigenvalue weighted by molar-refractivity contribution is -0.152. The van der Waals surface area contributed by atoms with Crippen molar-refractivity contribution in [2.45, 2.75) is 19.9 Å². The number of ether oxygens (including phenoxy) is 1. The van der Waals surface area contributed by atoms with E-state index in [9.17, 15) is 4.79 Å². The molecule has 0 fully saturated rings. The van der Waals surface area contributed by atoms with Gasteiger partial charge in [0.15, 0.2) is 5.22 Å². The molecule has 2 N–H and O–H groups in total. The molecule has 4 nitrogen and oxygen atoms in total. The predicted molar refractivity (Wildman–Crippen MR) is 56.4 cm³/mol. The Balaban J connectivity index is 2.93. The molecule has 0 aromatic carbocycles. The lowest BCUT2D eigenvalue weighted by Crippen LogP contribution is -2.37. The van der Waals surface area contributed by atoms with Gasteiger partial charge in [-0.1, -0.05) is 0 Å². The molecule has 1 heterocycles. The maximum absolute atomic E-state index is 11.5. The third-order valence-corrected chi connectivity index (χ3v) is 2.59. The first-order chi connectivity index (χ1) is 6.89. The molecule has 0 bridgehead atoms. The molecule has 1 aromatic rings. The Morgan fingerprint density at radius 1 is 1.60 bits per heavy atom. The minimum absolute atomic E-state index is 0.251. The molecule has 0 aliphatic carbocycles. The summed E-state index contributed by atoms with van der Waals surface area (Å²) in [6.45, 7) is 3.39. The number of rotatable bonds is 3. The van der Waals surface area contributed by atoms with E-state index in [2.05, 4.69) is 4.74 Å². The van der Waals surface area contributed by atoms with Crippen LogP contribution in [0.2, 0.25) is 5.22 Å². The second-order valence-electron chi connectivity index (χ2n) is 3.83. The highest BCUT2D eigenvalue weighted by Gasteiger charge is 2.38. The lowest BCUT2D eigenvalue weighted by Gasteiger charge is -2.26. The Labute approximate surface area is 93.3 Å². The summed E-state index contributed by atoms with van der Waals surface area (Å²) in [4.78, 5) is 11.5. The van der Waals surface area contributed by atoms with Gasteiger partial charge in [0.25, 0.3) is 0 Å². The van der Waals surface area contributed by atoms with E-state index in [0.29, 0.717) is 5.76 Å². The molecular weight excluding hydrogens is 218 g/mol. The Bertz CT molecular complexity index is 359. The molecule has 0 saturated heterocycles. The van der Waals surface area contributed by atoms with Crippen molar-refractivity contribution in [3.8, 4) is 0 Å². The van der Waals surface area contributed by atoms with Gasteiger partial charge >= 0.3 is 5.97 Å². The summed E-state index contributed by atoms with van der Waals surface area (Å²) in [5.74, 6) is 0.0814. The lowest BCUT2D eigenvalue weighted by atomic mass is 9.83. The number of hydrogen-bond acceptors (Lipinski definition) is 4. The third kappa shape index (κ3) is 2.33. The smallest absolute Gasteiger partial charge is 0.313 e. The van der Waals surface area contributed by atoms with E-state index < -0.39 is 11.5 Å². The Morgan fingerprint density at radius 3 is 2.60 bits per heavy atom. The fourth-order valence-electron chi connectivity index (χ4n) is 1.24. The summed E-state index contributed by atoms with van der Waals surface area (Å²) in [7, 11) is 1.33. The molecule has 1 aromatic heterocycles. The van der Waals surface area contributed by atoms with E-state index in [1.807, 2.05) is 0 Å². The Kier molecular flexibility index (Phi) is 3.42. The second kappa shape index (κ2) is 4.24. The van der Waals surface area contributed by atoms with Gasteiger partial charge in [-0.2, -0.15) is 0 Å². The SMILES string of the molecule is COC(=O)C(C)(C)[C@H](N)c1ccc(Cl)o1. The second-order valence-corrected chi connectivity index (χ2v) is 4.21. The molecule has 0 radical (unpaired) electrons. The van der Waals surface area contributed by atoms with E-state index in [1.54, 1.807) is 26.0 Å². The summed E-state index contributed by atoms with van der Waals surface area (Å²) in [5.41, 5.74) is 5.06. The van der Waals surface area contributed by atoms with Gasteiger partial charge in [0.1, 0.15) is 5.76 Å². The summed E-state index contributed by atoms with van der Waals surface area (Å²) < 4.78 is 9.83. The van der Waals surface area contributed by atoms with E-state index in [4.69, 9.17) is 21.8 Å². The number of carbonyl (C=O) groups is 1. The van der Waals surface area contributed by atoms with Gasteiger partial charge in [-0.3, -0.25) is 4.79 Å². The first-order valence-corrected chi connectivity index (χ1v) is 4.86. The van der Waals surface area contributed by atoms with Gasteiger partial charge in [-0.05, 0) is 37.6 Å². The van der Waals surface area contributed by atoms with Crippen LogP contribution >= 0.6 is 11.6 Å². The molecule has 0 saturated carbocycles. The van der Waals surface area contributed by atoms with Crippen molar-refractivity contribution in [2.75, 3.05) is 7.11 Å². The van der Waals surface area contributed by atoms with Crippen LogP contribution in [0.5, 0.6) is 0 Å². The molecule has 0 spiro atoms. The molecular formula is C10H14ClNO3. The molecule has 5 heteroatoms. The normalized spacial score (nSPS) is 13.7. The van der Waals surface area contributed by atoms with Crippen molar-refractivity contribution in [1.82, 2.24) is 0 Å². The Hall–Kier alpha value is -1.00. The van der Waals surface area contributed by atoms with Gasteiger partial charge in [-0.25, -0.2) is 0 Å². The van der Waals surface area contributed by atoms with Crippen molar-refractivity contribution in [3.63, 3.8) is 0 Å². The first-order valence-electron chi connectivity index (χ1n) is 4.49. The molecule has 1 rings (SSSR count). The number of furan rings is 1. The van der Waals surface area contributed by atoms with Gasteiger partial charge in [-0.15, -0.1) is 0 Å². The summed E-state index contributed by atoms with van der Waals surface area (Å²) in [6.07, 6.45) is 0. The molecule has 0 unspecified atom stereocenters. The average Bonchev–Trinajstić information content (AvgIpc) is 2.62. The van der Waals surface area contributed by atoms with E-state index >= 15 is 0 Å². The number of methoxy groups -OCH3 is 1. The zero-order valence-corrected chi connectivity index (χ0v) is 9.67. The van der Waals surface area contributed by atoms with E-state index in [-0.39, 0.29) is 11.2 Å². The molecule has 1 atom stereocenters. The van der Waals surface area contributed by atoms with Crippen molar-refractivity contribution in [3.05, 3.63) is 23.1 Å². The first kappa shape index (κ1) is 12.1. The zero-order chi connectivity index (χ0) is 11.6. The topological polar surface area (TPSA) is 65.5 Å². The van der Waals surface area contributed by atoms with Crippen LogP contribution in [0.15, 0.2) is 16.5 Å². The van der Waals surface area contributed by atoms with Crippen molar-refractivity contribution in [1.29, 1.82) is 0 Å². The predicted octanol–water partition coefficient (Wildman–Crippen LogP) is 2.13. The third-order valence-electron chi connectivity index (χ3n) is 2.39. The van der Waals surface area contributed by atoms with Crippen LogP contribution in [0.25, 0.3) is 0 Å². The van der Waals surface area contributed by atoms with E-state index in [1.165, 1.54) is 7.11 Å². The fourth-order valence-corrected chi connectivity index (χ4v) is 1.39. The summed E-state index contributed by atoms with van der Waals surface area (Å²) >= 11 is 5.63. The van der Waals surface area contributed by atoms with Gasteiger partial charge in [0, 0.05) is 0 Å². The zero-order valence-electron chi connectivity index (χ0n) is 8.91. The van der Waals surface area contributed by atoms with Crippen molar-refractivity contribution < 1.29 is 13.9 Å². The van der Waals surface area contributed by atoms with Gasteiger partial charge in [0.2, 0.25) is 0 Å². The molecule has 84 valence electrons. The van der Waals surface area contributed by atoms with Crippen LogP contribution in [0.1, 0.15) is 25.6 Å². The van der Waals surface area contributed by atoms with Crippen LogP contribution < -0.4 is 5.73 Å². The van der Waals surface area contributed by atoms with Crippen LogP contribution in [0, 0.1) is 5.41 Å². The summed E-state index contributed by atoms with van der Waals surface area (Å²) in [6, 6.07) is 2.65. The quantitative estimate of drug-likeness (QED) is 0.810. The van der Waals surface area contributed by atoms with Crippen LogP contribution in [-0.4, -0.2) is 13.1 Å². The van der Waals surface area contributed by atoms with Crippen LogP contribution in [-0.2, 0) is 9.53 Å². The number of esters is 1. The summed E-state index contributed by atoms with van der Waals surface area (Å²) in [5, 5.41) is 0.251. The van der Waals surface area contributed by atoms with E-state index in [0.717, 1.165) is 0 Å². The number of nitrogens with two attached hydrogens (primary N) is 1.